The molecule has 0 aliphatic carbocycles. The summed E-state index contributed by atoms with van der Waals surface area (Å²) in [6, 6.07) is 9.73. The van der Waals surface area contributed by atoms with Crippen LogP contribution in [-0.4, -0.2) is 28.1 Å². The summed E-state index contributed by atoms with van der Waals surface area (Å²) in [5.74, 6) is -0.732. The zero-order valence-electron chi connectivity index (χ0n) is 19.1. The predicted molar refractivity (Wildman–Crippen MR) is 135 cm³/mol. The van der Waals surface area contributed by atoms with Crippen LogP contribution in [0.15, 0.2) is 47.4 Å². The van der Waals surface area contributed by atoms with Gasteiger partial charge in [-0.1, -0.05) is 36.7 Å². The smallest absolute Gasteiger partial charge is 0.293 e. The molecule has 2 amide bonds. The summed E-state index contributed by atoms with van der Waals surface area (Å²) in [5, 5.41) is 0.183. The second-order valence-corrected chi connectivity index (χ2v) is 10.3. The summed E-state index contributed by atoms with van der Waals surface area (Å²) in [7, 11) is 0. The first-order chi connectivity index (χ1) is 15.6. The first-order valence-corrected chi connectivity index (χ1v) is 12.1. The molecular formula is C26H26ClFN2O2S. The van der Waals surface area contributed by atoms with Crippen LogP contribution in [0.5, 0.6) is 0 Å². The molecule has 2 aliphatic rings. The predicted octanol–water partition coefficient (Wildman–Crippen LogP) is 7.13. The number of fused-ring (bicyclic) bond motifs is 1. The number of imide groups is 1. The maximum absolute atomic E-state index is 13.2. The highest BCUT2D eigenvalue weighted by Gasteiger charge is 2.36. The second-order valence-electron chi connectivity index (χ2n) is 8.92. The van der Waals surface area contributed by atoms with Crippen molar-refractivity contribution < 1.29 is 14.0 Å². The first kappa shape index (κ1) is 23.6. The fraction of sp³-hybridized carbons (Fsp3) is 0.308. The monoisotopic (exact) mass is 484 g/mol. The number of rotatable bonds is 5. The van der Waals surface area contributed by atoms with E-state index in [4.69, 9.17) is 11.6 Å². The summed E-state index contributed by atoms with van der Waals surface area (Å²) >= 11 is 7.56. The highest BCUT2D eigenvalue weighted by atomic mass is 35.5. The van der Waals surface area contributed by atoms with E-state index in [-0.39, 0.29) is 29.0 Å². The van der Waals surface area contributed by atoms with Crippen molar-refractivity contribution in [3.05, 3.63) is 74.9 Å². The average molecular weight is 485 g/mol. The van der Waals surface area contributed by atoms with E-state index in [0.717, 1.165) is 41.6 Å². The van der Waals surface area contributed by atoms with Gasteiger partial charge >= 0.3 is 0 Å². The number of carbonyl (C=O) groups excluding carboxylic acids is 2. The number of carbonyl (C=O) groups is 2. The van der Waals surface area contributed by atoms with Crippen LogP contribution in [0, 0.1) is 5.82 Å². The molecule has 172 valence electrons. The second kappa shape index (κ2) is 8.99. The molecule has 7 heteroatoms. The van der Waals surface area contributed by atoms with E-state index in [0.29, 0.717) is 21.1 Å². The van der Waals surface area contributed by atoms with Gasteiger partial charge in [0.1, 0.15) is 5.82 Å². The van der Waals surface area contributed by atoms with Crippen molar-refractivity contribution in [2.75, 3.05) is 11.4 Å². The Hall–Kier alpha value is -2.57. The van der Waals surface area contributed by atoms with Gasteiger partial charge < -0.3 is 4.90 Å². The third kappa shape index (κ3) is 4.59. The molecular weight excluding hydrogens is 459 g/mol. The number of benzene rings is 2. The Kier molecular flexibility index (Phi) is 6.43. The van der Waals surface area contributed by atoms with E-state index in [9.17, 15) is 14.0 Å². The Morgan fingerprint density at radius 3 is 2.52 bits per heavy atom. The average Bonchev–Trinajstić information content (AvgIpc) is 3.00. The minimum Gasteiger partial charge on any atom is -0.362 e. The highest BCUT2D eigenvalue weighted by Crippen LogP contribution is 2.43. The van der Waals surface area contributed by atoms with Gasteiger partial charge in [-0.2, -0.15) is 0 Å². The maximum atomic E-state index is 13.2. The van der Waals surface area contributed by atoms with Crippen LogP contribution in [0.3, 0.4) is 0 Å². The van der Waals surface area contributed by atoms with Gasteiger partial charge in [0.05, 0.1) is 17.0 Å². The normalized spacial score (nSPS) is 18.7. The van der Waals surface area contributed by atoms with E-state index >= 15 is 0 Å². The lowest BCUT2D eigenvalue weighted by molar-refractivity contribution is -0.123. The number of anilines is 1. The van der Waals surface area contributed by atoms with Crippen molar-refractivity contribution in [3.8, 4) is 0 Å². The molecule has 2 aromatic rings. The van der Waals surface area contributed by atoms with E-state index in [1.165, 1.54) is 17.0 Å². The molecule has 0 radical (unpaired) electrons. The number of hydrogen-bond donors (Lipinski definition) is 0. The zero-order chi connectivity index (χ0) is 23.9. The Bertz CT molecular complexity index is 1190. The largest absolute Gasteiger partial charge is 0.362 e. The Morgan fingerprint density at radius 2 is 1.85 bits per heavy atom. The van der Waals surface area contributed by atoms with Crippen LogP contribution in [0.2, 0.25) is 5.02 Å². The summed E-state index contributed by atoms with van der Waals surface area (Å²) in [6.07, 6.45) is 4.95. The maximum Gasteiger partial charge on any atom is 0.293 e. The standard InChI is InChI=1S/C26H26ClFN2O2S/c1-5-10-30-22-13-21(27)18(11-20(22)16(2)14-26(30,3)4)12-23-24(31)29(25(32)33-23)15-17-6-8-19(28)9-7-17/h6-9,11-14H,5,10,15H2,1-4H3/b23-12+. The molecule has 0 unspecified atom stereocenters. The number of amides is 2. The lowest BCUT2D eigenvalue weighted by Crippen LogP contribution is -2.45. The van der Waals surface area contributed by atoms with E-state index in [1.54, 1.807) is 18.2 Å². The zero-order valence-corrected chi connectivity index (χ0v) is 20.7. The number of thioether (sulfide) groups is 1. The molecule has 0 saturated carbocycles. The quantitative estimate of drug-likeness (QED) is 0.423. The Morgan fingerprint density at radius 1 is 1.15 bits per heavy atom. The summed E-state index contributed by atoms with van der Waals surface area (Å²) in [4.78, 5) is 29.3. The molecule has 0 aromatic heterocycles. The summed E-state index contributed by atoms with van der Waals surface area (Å²) in [6.45, 7) is 9.62. The Labute approximate surface area is 203 Å². The molecule has 2 aliphatic heterocycles. The minimum atomic E-state index is -0.371. The fourth-order valence-electron chi connectivity index (χ4n) is 4.41. The lowest BCUT2D eigenvalue weighted by Gasteiger charge is -2.43. The van der Waals surface area contributed by atoms with Crippen molar-refractivity contribution in [2.45, 2.75) is 46.2 Å². The molecule has 1 saturated heterocycles. The van der Waals surface area contributed by atoms with Gasteiger partial charge in [-0.15, -0.1) is 0 Å². The van der Waals surface area contributed by atoms with Crippen molar-refractivity contribution >= 4 is 51.8 Å². The Balaban J connectivity index is 1.66. The molecule has 2 heterocycles. The van der Waals surface area contributed by atoms with Gasteiger partial charge in [-0.05, 0) is 86.0 Å². The van der Waals surface area contributed by atoms with Crippen LogP contribution in [-0.2, 0) is 11.3 Å². The van der Waals surface area contributed by atoms with Crippen LogP contribution < -0.4 is 4.90 Å². The fourth-order valence-corrected chi connectivity index (χ4v) is 5.45. The third-order valence-electron chi connectivity index (χ3n) is 5.96. The number of hydrogen-bond acceptors (Lipinski definition) is 4. The molecule has 33 heavy (non-hydrogen) atoms. The molecule has 4 rings (SSSR count). The van der Waals surface area contributed by atoms with Crippen molar-refractivity contribution in [1.82, 2.24) is 4.90 Å². The van der Waals surface area contributed by atoms with Crippen LogP contribution >= 0.6 is 23.4 Å². The van der Waals surface area contributed by atoms with Gasteiger partial charge in [0.2, 0.25) is 0 Å². The van der Waals surface area contributed by atoms with E-state index in [2.05, 4.69) is 38.7 Å². The highest BCUT2D eigenvalue weighted by molar-refractivity contribution is 8.18. The molecule has 4 nitrogen and oxygen atoms in total. The van der Waals surface area contributed by atoms with Gasteiger partial charge in [-0.25, -0.2) is 4.39 Å². The first-order valence-electron chi connectivity index (χ1n) is 10.9. The van der Waals surface area contributed by atoms with Gasteiger partial charge in [-0.3, -0.25) is 14.5 Å². The molecule has 0 atom stereocenters. The van der Waals surface area contributed by atoms with E-state index < -0.39 is 0 Å². The molecule has 0 N–H and O–H groups in total. The van der Waals surface area contributed by atoms with Crippen molar-refractivity contribution in [3.63, 3.8) is 0 Å². The summed E-state index contributed by atoms with van der Waals surface area (Å²) in [5.41, 5.74) is 4.56. The molecule has 1 fully saturated rings. The SMILES string of the molecule is CCCN1c2cc(Cl)c(/C=C3/SC(=O)N(Cc4ccc(F)cc4)C3=O)cc2C(C)=CC1(C)C. The number of halogens is 2. The lowest BCUT2D eigenvalue weighted by atomic mass is 9.87. The molecule has 0 spiro atoms. The minimum absolute atomic E-state index is 0.100. The van der Waals surface area contributed by atoms with Crippen LogP contribution in [0.4, 0.5) is 14.9 Å². The van der Waals surface area contributed by atoms with E-state index in [1.807, 2.05) is 12.1 Å². The van der Waals surface area contributed by atoms with Gasteiger partial charge in [0.15, 0.2) is 0 Å². The third-order valence-corrected chi connectivity index (χ3v) is 7.19. The molecule has 2 aromatic carbocycles. The van der Waals surface area contributed by atoms with Crippen LogP contribution in [0.1, 0.15) is 50.8 Å². The van der Waals surface area contributed by atoms with Crippen LogP contribution in [0.25, 0.3) is 11.6 Å². The summed E-state index contributed by atoms with van der Waals surface area (Å²) < 4.78 is 13.2. The molecule has 0 bridgehead atoms. The van der Waals surface area contributed by atoms with Gasteiger partial charge in [0.25, 0.3) is 11.1 Å². The van der Waals surface area contributed by atoms with Crippen molar-refractivity contribution in [1.29, 1.82) is 0 Å². The number of allylic oxidation sites excluding steroid dienone is 1. The van der Waals surface area contributed by atoms with Crippen molar-refractivity contribution in [2.24, 2.45) is 0 Å². The van der Waals surface area contributed by atoms with Gasteiger partial charge in [0, 0.05) is 22.8 Å². The number of nitrogens with zero attached hydrogens (tertiary/aromatic N) is 2. The topological polar surface area (TPSA) is 40.6 Å².